The molecule has 0 saturated carbocycles. The number of hydrogen-bond donors (Lipinski definition) is 0. The Bertz CT molecular complexity index is 3100. The van der Waals surface area contributed by atoms with Crippen LogP contribution in [0.15, 0.2) is 175 Å². The highest BCUT2D eigenvalue weighted by atomic mass is 32.1. The van der Waals surface area contributed by atoms with Crippen LogP contribution < -0.4 is 0 Å². The average Bonchev–Trinajstić information content (AvgIpc) is 3.70. The molecule has 0 saturated heterocycles. The van der Waals surface area contributed by atoms with Gasteiger partial charge in [-0.3, -0.25) is 4.57 Å². The van der Waals surface area contributed by atoms with E-state index in [0.29, 0.717) is 0 Å². The van der Waals surface area contributed by atoms with Crippen LogP contribution >= 0.6 is 11.3 Å². The quantitative estimate of drug-likeness (QED) is 0.163. The summed E-state index contributed by atoms with van der Waals surface area (Å²) in [6.07, 6.45) is 5.70. The lowest BCUT2D eigenvalue weighted by Gasteiger charge is -2.18. The first-order chi connectivity index (χ1) is 26.2. The Morgan fingerprint density at radius 1 is 0.528 bits per heavy atom. The fourth-order valence-corrected chi connectivity index (χ4v) is 10.0. The second kappa shape index (κ2) is 11.9. The Labute approximate surface area is 311 Å². The van der Waals surface area contributed by atoms with Crippen LogP contribution in [0.25, 0.3) is 85.9 Å². The number of aromatic nitrogens is 1. The van der Waals surface area contributed by atoms with Gasteiger partial charge in [0.1, 0.15) is 5.84 Å². The first-order valence-corrected chi connectivity index (χ1v) is 19.3. The minimum Gasteiger partial charge on any atom is -0.294 e. The van der Waals surface area contributed by atoms with Crippen LogP contribution in [0.2, 0.25) is 0 Å². The summed E-state index contributed by atoms with van der Waals surface area (Å²) in [5.41, 5.74) is 9.44. The second-order valence-electron chi connectivity index (χ2n) is 14.1. The standard InChI is InChI=1S/C50H34N2S/c1-2-31-29-42(32-14-4-3-5-15-32)51-47(52-43-24-8-6-18-36(43)37-19-7-9-25-44(37)52)30-41(31)34-17-10-16-33(28-34)35-20-11-21-38-39-22-12-26-45-49(39)50-40(48(35)38)23-13-27-46(50)53-45/h3-31H,2H2,1H3. The van der Waals surface area contributed by atoms with E-state index in [1.807, 2.05) is 11.3 Å². The summed E-state index contributed by atoms with van der Waals surface area (Å²) in [5, 5.41) is 10.6. The average molecular weight is 695 g/mol. The van der Waals surface area contributed by atoms with Crippen molar-refractivity contribution >= 4 is 92.0 Å². The van der Waals surface area contributed by atoms with Gasteiger partial charge in [-0.2, -0.15) is 0 Å². The van der Waals surface area contributed by atoms with Crippen molar-refractivity contribution < 1.29 is 0 Å². The summed E-state index contributed by atoms with van der Waals surface area (Å²) >= 11 is 1.90. The molecule has 1 atom stereocenters. The Morgan fingerprint density at radius 3 is 1.83 bits per heavy atom. The molecule has 0 radical (unpaired) electrons. The van der Waals surface area contributed by atoms with Crippen molar-refractivity contribution in [3.05, 3.63) is 181 Å². The third-order valence-electron chi connectivity index (χ3n) is 11.2. The van der Waals surface area contributed by atoms with Crippen LogP contribution in [0.4, 0.5) is 0 Å². The lowest BCUT2D eigenvalue weighted by Crippen LogP contribution is -2.10. The fraction of sp³-hybridized carbons (Fsp3) is 0.0600. The smallest absolute Gasteiger partial charge is 0.138 e. The molecular formula is C50H34N2S. The van der Waals surface area contributed by atoms with Crippen molar-refractivity contribution in [1.29, 1.82) is 0 Å². The lowest BCUT2D eigenvalue weighted by atomic mass is 9.86. The van der Waals surface area contributed by atoms with E-state index in [1.54, 1.807) is 0 Å². The molecule has 2 nitrogen and oxygen atoms in total. The number of para-hydroxylation sites is 2. The van der Waals surface area contributed by atoms with Crippen LogP contribution in [-0.2, 0) is 0 Å². The van der Waals surface area contributed by atoms with E-state index in [1.165, 1.54) is 74.8 Å². The van der Waals surface area contributed by atoms with Gasteiger partial charge in [0, 0.05) is 36.9 Å². The fourth-order valence-electron chi connectivity index (χ4n) is 8.88. The molecule has 250 valence electrons. The summed E-state index contributed by atoms with van der Waals surface area (Å²) in [6, 6.07) is 57.7. The maximum Gasteiger partial charge on any atom is 0.138 e. The normalized spacial score (nSPS) is 15.1. The van der Waals surface area contributed by atoms with Crippen molar-refractivity contribution in [3.63, 3.8) is 0 Å². The number of aliphatic imine (C=N–C) groups is 1. The molecule has 1 unspecified atom stereocenters. The molecular weight excluding hydrogens is 661 g/mol. The van der Waals surface area contributed by atoms with Crippen LogP contribution in [0.5, 0.6) is 0 Å². The summed E-state index contributed by atoms with van der Waals surface area (Å²) in [4.78, 5) is 5.52. The van der Waals surface area contributed by atoms with E-state index in [4.69, 9.17) is 4.99 Å². The first kappa shape index (κ1) is 30.3. The molecule has 0 bridgehead atoms. The molecule has 0 amide bonds. The highest BCUT2D eigenvalue weighted by Crippen LogP contribution is 2.47. The molecule has 0 aliphatic carbocycles. The highest BCUT2D eigenvalue weighted by Gasteiger charge is 2.23. The number of hydrogen-bond acceptors (Lipinski definition) is 2. The molecule has 3 heterocycles. The summed E-state index contributed by atoms with van der Waals surface area (Å²) < 4.78 is 5.07. The largest absolute Gasteiger partial charge is 0.294 e. The number of rotatable bonds is 4. The molecule has 10 aromatic rings. The van der Waals surface area contributed by atoms with Crippen molar-refractivity contribution in [3.8, 4) is 11.1 Å². The zero-order valence-corrected chi connectivity index (χ0v) is 30.1. The van der Waals surface area contributed by atoms with Crippen molar-refractivity contribution in [2.45, 2.75) is 13.3 Å². The molecule has 0 fully saturated rings. The molecule has 1 aliphatic heterocycles. The van der Waals surface area contributed by atoms with Crippen molar-refractivity contribution in [2.75, 3.05) is 0 Å². The third-order valence-corrected chi connectivity index (χ3v) is 12.4. The monoisotopic (exact) mass is 694 g/mol. The first-order valence-electron chi connectivity index (χ1n) is 18.5. The number of allylic oxidation sites excluding steroid dienone is 3. The molecule has 2 aromatic heterocycles. The van der Waals surface area contributed by atoms with Gasteiger partial charge in [-0.05, 0) is 92.2 Å². The minimum atomic E-state index is 0.166. The Hall–Kier alpha value is -6.29. The Kier molecular flexibility index (Phi) is 6.80. The maximum absolute atomic E-state index is 5.52. The SMILES string of the molecule is CCC1C=C(c2ccccc2)N=C(n2c3ccccc3c3ccccc32)C=C1c1cccc(-c2cccc3c4cccc5sc6cccc(c23)c6c54)c1. The highest BCUT2D eigenvalue weighted by molar-refractivity contribution is 7.26. The Balaban J connectivity index is 1.16. The number of benzene rings is 8. The number of fused-ring (bicyclic) bond motifs is 6. The molecule has 1 aliphatic rings. The van der Waals surface area contributed by atoms with Crippen LogP contribution in [0.3, 0.4) is 0 Å². The van der Waals surface area contributed by atoms with E-state index in [-0.39, 0.29) is 5.92 Å². The molecule has 0 N–H and O–H groups in total. The van der Waals surface area contributed by atoms with Gasteiger partial charge >= 0.3 is 0 Å². The van der Waals surface area contributed by atoms with Crippen LogP contribution in [0, 0.1) is 5.92 Å². The van der Waals surface area contributed by atoms with Crippen molar-refractivity contribution in [1.82, 2.24) is 4.57 Å². The van der Waals surface area contributed by atoms with Crippen LogP contribution in [-0.4, -0.2) is 10.4 Å². The van der Waals surface area contributed by atoms with Crippen LogP contribution in [0.1, 0.15) is 24.5 Å². The zero-order valence-electron chi connectivity index (χ0n) is 29.3. The lowest BCUT2D eigenvalue weighted by molar-refractivity contribution is 0.795. The summed E-state index contributed by atoms with van der Waals surface area (Å²) in [6.45, 7) is 2.29. The van der Waals surface area contributed by atoms with Gasteiger partial charge < -0.3 is 0 Å². The van der Waals surface area contributed by atoms with E-state index >= 15 is 0 Å². The topological polar surface area (TPSA) is 17.3 Å². The van der Waals surface area contributed by atoms with Gasteiger partial charge in [-0.25, -0.2) is 4.99 Å². The van der Waals surface area contributed by atoms with Gasteiger partial charge in [0.05, 0.1) is 16.7 Å². The van der Waals surface area contributed by atoms with E-state index in [0.717, 1.165) is 34.6 Å². The third kappa shape index (κ3) is 4.61. The van der Waals surface area contributed by atoms with E-state index < -0.39 is 0 Å². The molecule has 3 heteroatoms. The van der Waals surface area contributed by atoms with Gasteiger partial charge in [0.25, 0.3) is 0 Å². The van der Waals surface area contributed by atoms with Crippen molar-refractivity contribution in [2.24, 2.45) is 10.9 Å². The van der Waals surface area contributed by atoms with Gasteiger partial charge in [-0.15, -0.1) is 11.3 Å². The predicted molar refractivity (Wildman–Crippen MR) is 229 cm³/mol. The minimum absolute atomic E-state index is 0.166. The number of thiophene rings is 1. The molecule has 53 heavy (non-hydrogen) atoms. The van der Waals surface area contributed by atoms with Gasteiger partial charge in [0.2, 0.25) is 0 Å². The van der Waals surface area contributed by atoms with Gasteiger partial charge in [0.15, 0.2) is 0 Å². The Morgan fingerprint density at radius 2 is 1.09 bits per heavy atom. The number of nitrogens with zero attached hydrogens (tertiary/aromatic N) is 2. The van der Waals surface area contributed by atoms with E-state index in [9.17, 15) is 0 Å². The summed E-state index contributed by atoms with van der Waals surface area (Å²) in [7, 11) is 0. The zero-order chi connectivity index (χ0) is 35.0. The second-order valence-corrected chi connectivity index (χ2v) is 15.2. The molecule has 11 rings (SSSR count). The van der Waals surface area contributed by atoms with Gasteiger partial charge in [-0.1, -0.05) is 140 Å². The molecule has 8 aromatic carbocycles. The predicted octanol–water partition coefficient (Wildman–Crippen LogP) is 14.0. The maximum atomic E-state index is 5.52. The molecule has 0 spiro atoms. The summed E-state index contributed by atoms with van der Waals surface area (Å²) in [5.74, 6) is 1.09. The van der Waals surface area contributed by atoms with E-state index in [2.05, 4.69) is 181 Å².